The zero-order chi connectivity index (χ0) is 31.0. The van der Waals surface area contributed by atoms with E-state index in [1.165, 1.54) is 18.1 Å². The lowest BCUT2D eigenvalue weighted by atomic mass is 9.98. The van der Waals surface area contributed by atoms with Gasteiger partial charge in [0.1, 0.15) is 23.7 Å². The zero-order valence-corrected chi connectivity index (χ0v) is 25.1. The average Bonchev–Trinajstić information content (AvgIpc) is 3.56. The first-order chi connectivity index (χ1) is 21.3. The van der Waals surface area contributed by atoms with Crippen LogP contribution in [-0.4, -0.2) is 30.6 Å². The zero-order valence-electron chi connectivity index (χ0n) is 24.3. The number of rotatable bonds is 9. The van der Waals surface area contributed by atoms with Gasteiger partial charge in [0.25, 0.3) is 5.91 Å². The molecule has 3 aromatic carbocycles. The van der Waals surface area contributed by atoms with Crippen LogP contribution in [0.4, 0.5) is 5.13 Å². The molecule has 0 N–H and O–H groups in total. The second kappa shape index (κ2) is 11.8. The van der Waals surface area contributed by atoms with Crippen LogP contribution in [0.15, 0.2) is 88.6 Å². The molecule has 0 radical (unpaired) electrons. The molecule has 0 bridgehead atoms. The molecule has 0 fully saturated rings. The molecule has 0 saturated carbocycles. The minimum atomic E-state index is -0.918. The Morgan fingerprint density at radius 2 is 1.86 bits per heavy atom. The number of hydrogen-bond acceptors (Lipinski definition) is 9. The third-order valence-electron chi connectivity index (χ3n) is 7.28. The number of esters is 1. The van der Waals surface area contributed by atoms with E-state index in [-0.39, 0.29) is 33.4 Å². The highest BCUT2D eigenvalue weighted by Crippen LogP contribution is 2.45. The summed E-state index contributed by atoms with van der Waals surface area (Å²) < 4.78 is 23.1. The van der Waals surface area contributed by atoms with Crippen molar-refractivity contribution in [2.24, 2.45) is 0 Å². The maximum atomic E-state index is 14.1. The van der Waals surface area contributed by atoms with Crippen molar-refractivity contribution < 1.29 is 28.2 Å². The fourth-order valence-electron chi connectivity index (χ4n) is 5.18. The fourth-order valence-corrected chi connectivity index (χ4v) is 6.17. The lowest BCUT2D eigenvalue weighted by Crippen LogP contribution is -2.29. The van der Waals surface area contributed by atoms with Crippen molar-refractivity contribution in [1.29, 1.82) is 0 Å². The molecule has 44 heavy (non-hydrogen) atoms. The van der Waals surface area contributed by atoms with Crippen LogP contribution in [0.3, 0.4) is 0 Å². The topological polar surface area (TPSA) is 108 Å². The van der Waals surface area contributed by atoms with Crippen molar-refractivity contribution in [2.75, 3.05) is 18.6 Å². The number of amides is 1. The number of aromatic nitrogens is 1. The summed E-state index contributed by atoms with van der Waals surface area (Å²) >= 11 is 1.01. The molecule has 1 atom stereocenters. The van der Waals surface area contributed by atoms with Gasteiger partial charge >= 0.3 is 5.97 Å². The van der Waals surface area contributed by atoms with Gasteiger partial charge in [0.05, 0.1) is 29.8 Å². The Kier molecular flexibility index (Phi) is 7.75. The number of benzene rings is 3. The van der Waals surface area contributed by atoms with E-state index >= 15 is 0 Å². The van der Waals surface area contributed by atoms with Crippen molar-refractivity contribution in [2.45, 2.75) is 26.5 Å². The van der Waals surface area contributed by atoms with Crippen LogP contribution in [0.5, 0.6) is 11.5 Å². The second-order valence-corrected chi connectivity index (χ2v) is 11.2. The number of fused-ring (bicyclic) bond motifs is 2. The first-order valence-electron chi connectivity index (χ1n) is 13.8. The van der Waals surface area contributed by atoms with Crippen LogP contribution in [0, 0.1) is 13.8 Å². The second-order valence-electron chi connectivity index (χ2n) is 10.2. The number of thiazole rings is 1. The fraction of sp³-hybridized carbons (Fsp3) is 0.176. The molecule has 1 unspecified atom stereocenters. The molecule has 0 spiro atoms. The van der Waals surface area contributed by atoms with Crippen LogP contribution >= 0.6 is 11.3 Å². The van der Waals surface area contributed by atoms with E-state index in [2.05, 4.69) is 11.6 Å². The molecule has 1 amide bonds. The van der Waals surface area contributed by atoms with E-state index in [1.807, 2.05) is 43.3 Å². The van der Waals surface area contributed by atoms with E-state index in [0.29, 0.717) is 40.3 Å². The van der Waals surface area contributed by atoms with Crippen LogP contribution in [-0.2, 0) is 11.3 Å². The summed E-state index contributed by atoms with van der Waals surface area (Å²) in [5.74, 6) is -0.293. The van der Waals surface area contributed by atoms with Crippen molar-refractivity contribution in [3.8, 4) is 11.5 Å². The van der Waals surface area contributed by atoms with E-state index in [9.17, 15) is 14.4 Å². The summed E-state index contributed by atoms with van der Waals surface area (Å²) in [6.07, 6.45) is 1.47. The van der Waals surface area contributed by atoms with Gasteiger partial charge in [-0.15, -0.1) is 0 Å². The molecule has 0 saturated heterocycles. The summed E-state index contributed by atoms with van der Waals surface area (Å²) in [7, 11) is 1.52. The van der Waals surface area contributed by atoms with E-state index < -0.39 is 17.9 Å². The van der Waals surface area contributed by atoms with Crippen molar-refractivity contribution in [3.05, 3.63) is 128 Å². The predicted octanol–water partition coefficient (Wildman–Crippen LogP) is 6.55. The molecule has 3 heterocycles. The van der Waals surface area contributed by atoms with Crippen LogP contribution < -0.4 is 19.8 Å². The molecule has 5 aromatic rings. The molecule has 6 rings (SSSR count). The number of nitrogens with zero attached hydrogens (tertiary/aromatic N) is 2. The number of carbonyl (C=O) groups is 2. The van der Waals surface area contributed by atoms with Gasteiger partial charge in [-0.2, -0.15) is 0 Å². The number of hydrogen-bond donors (Lipinski definition) is 0. The summed E-state index contributed by atoms with van der Waals surface area (Å²) in [6, 6.07) is 19.3. The van der Waals surface area contributed by atoms with Crippen molar-refractivity contribution >= 4 is 39.3 Å². The minimum absolute atomic E-state index is 0.0329. The average molecular weight is 609 g/mol. The molecule has 2 aromatic heterocycles. The lowest BCUT2D eigenvalue weighted by molar-refractivity contribution is 0.0554. The van der Waals surface area contributed by atoms with Gasteiger partial charge in [-0.1, -0.05) is 72.0 Å². The van der Waals surface area contributed by atoms with Gasteiger partial charge in [0.2, 0.25) is 5.76 Å². The summed E-state index contributed by atoms with van der Waals surface area (Å²) in [4.78, 5) is 47.1. The molecule has 1 aliphatic rings. The quantitative estimate of drug-likeness (QED) is 0.137. The number of anilines is 1. The Morgan fingerprint density at radius 3 is 2.61 bits per heavy atom. The monoisotopic (exact) mass is 608 g/mol. The number of methoxy groups -OCH3 is 1. The third kappa shape index (κ3) is 5.13. The van der Waals surface area contributed by atoms with Gasteiger partial charge in [-0.3, -0.25) is 14.5 Å². The number of carbonyl (C=O) groups excluding carboxylic acids is 2. The highest BCUT2D eigenvalue weighted by Gasteiger charge is 2.45. The summed E-state index contributed by atoms with van der Waals surface area (Å²) in [5, 5.41) is 0.583. The van der Waals surface area contributed by atoms with Crippen molar-refractivity contribution in [1.82, 2.24) is 4.98 Å². The highest BCUT2D eigenvalue weighted by molar-refractivity contribution is 7.17. The van der Waals surface area contributed by atoms with Crippen LogP contribution in [0.2, 0.25) is 0 Å². The Balaban J connectivity index is 1.48. The van der Waals surface area contributed by atoms with Gasteiger partial charge in [0, 0.05) is 0 Å². The van der Waals surface area contributed by atoms with Gasteiger partial charge in [-0.25, -0.2) is 9.78 Å². The van der Waals surface area contributed by atoms with Gasteiger partial charge in [0.15, 0.2) is 22.1 Å². The molecule has 0 aliphatic carbocycles. The first-order valence-corrected chi connectivity index (χ1v) is 14.6. The molecule has 222 valence electrons. The van der Waals surface area contributed by atoms with Gasteiger partial charge in [-0.05, 0) is 49.2 Å². The normalized spacial score (nSPS) is 14.0. The molecule has 10 heteroatoms. The Bertz CT molecular complexity index is 1980. The first kappa shape index (κ1) is 28.9. The standard InChI is InChI=1S/C34H28N2O7S/c1-5-15-41-33(39)31-20(3)35-34(44-31)36-28(27-29(37)23-16-19(2)11-13-24(23)43-30(27)32(36)38)22-12-14-25(26(17-22)40-4)42-18-21-9-7-6-8-10-21/h5-14,16-17,28H,1,15,18H2,2-4H3. The van der Waals surface area contributed by atoms with E-state index in [4.69, 9.17) is 18.6 Å². The number of ether oxygens (including phenoxy) is 3. The smallest absolute Gasteiger partial charge is 0.350 e. The Morgan fingerprint density at radius 1 is 1.07 bits per heavy atom. The predicted molar refractivity (Wildman–Crippen MR) is 167 cm³/mol. The molecule has 1 aliphatic heterocycles. The van der Waals surface area contributed by atoms with Crippen LogP contribution in [0.1, 0.15) is 54.2 Å². The van der Waals surface area contributed by atoms with E-state index in [1.54, 1.807) is 37.3 Å². The Labute approximate surface area is 256 Å². The third-order valence-corrected chi connectivity index (χ3v) is 8.41. The lowest BCUT2D eigenvalue weighted by Gasteiger charge is -2.23. The van der Waals surface area contributed by atoms with E-state index in [0.717, 1.165) is 22.5 Å². The summed E-state index contributed by atoms with van der Waals surface area (Å²) in [6.45, 7) is 7.48. The maximum Gasteiger partial charge on any atom is 0.350 e. The molecular weight excluding hydrogens is 580 g/mol. The van der Waals surface area contributed by atoms with Gasteiger partial charge < -0.3 is 18.6 Å². The van der Waals surface area contributed by atoms with Crippen LogP contribution in [0.25, 0.3) is 11.0 Å². The molecule has 9 nitrogen and oxygen atoms in total. The summed E-state index contributed by atoms with van der Waals surface area (Å²) in [5.41, 5.74) is 2.99. The highest BCUT2D eigenvalue weighted by atomic mass is 32.1. The molecular formula is C34H28N2O7S. The number of aryl methyl sites for hydroxylation is 2. The Hall–Kier alpha value is -5.22. The largest absolute Gasteiger partial charge is 0.493 e. The minimum Gasteiger partial charge on any atom is -0.493 e. The van der Waals surface area contributed by atoms with Crippen molar-refractivity contribution in [3.63, 3.8) is 0 Å². The SMILES string of the molecule is C=CCOC(=O)c1sc(N2C(=O)c3oc4ccc(C)cc4c(=O)c3C2c2ccc(OCc3ccccc3)c(OC)c2)nc1C. The maximum absolute atomic E-state index is 14.1.